The standard InChI is InChI=1S/C13H20ClN3O/c1-3-6-17(11-4-5-15-8-11)13(18)12-7-10(14)9-16(12)2/h7,9,11,15H,3-6,8H2,1-2H3. The van der Waals surface area contributed by atoms with Gasteiger partial charge in [-0.3, -0.25) is 4.79 Å². The van der Waals surface area contributed by atoms with Crippen LogP contribution in [0, 0.1) is 0 Å². The van der Waals surface area contributed by atoms with Gasteiger partial charge in [0.2, 0.25) is 0 Å². The molecule has 1 fully saturated rings. The van der Waals surface area contributed by atoms with Gasteiger partial charge in [-0.25, -0.2) is 0 Å². The van der Waals surface area contributed by atoms with Gasteiger partial charge in [0.05, 0.1) is 5.02 Å². The molecule has 5 heteroatoms. The molecule has 0 aliphatic carbocycles. The molecule has 0 bridgehead atoms. The minimum absolute atomic E-state index is 0.0833. The average molecular weight is 270 g/mol. The van der Waals surface area contributed by atoms with Crippen molar-refractivity contribution in [2.75, 3.05) is 19.6 Å². The summed E-state index contributed by atoms with van der Waals surface area (Å²) < 4.78 is 1.80. The molecule has 2 heterocycles. The molecular formula is C13H20ClN3O. The number of halogens is 1. The number of hydrogen-bond acceptors (Lipinski definition) is 2. The van der Waals surface area contributed by atoms with Crippen molar-refractivity contribution in [1.82, 2.24) is 14.8 Å². The van der Waals surface area contributed by atoms with Crippen molar-refractivity contribution in [3.8, 4) is 0 Å². The number of hydrogen-bond donors (Lipinski definition) is 1. The van der Waals surface area contributed by atoms with Crippen LogP contribution in [0.3, 0.4) is 0 Å². The van der Waals surface area contributed by atoms with E-state index in [2.05, 4.69) is 12.2 Å². The lowest BCUT2D eigenvalue weighted by molar-refractivity contribution is 0.0682. The van der Waals surface area contributed by atoms with E-state index in [0.29, 0.717) is 16.8 Å². The predicted molar refractivity (Wildman–Crippen MR) is 73.0 cm³/mol. The molecule has 1 aromatic rings. The molecule has 4 nitrogen and oxygen atoms in total. The minimum Gasteiger partial charge on any atom is -0.345 e. The molecule has 1 atom stereocenters. The first-order valence-corrected chi connectivity index (χ1v) is 6.84. The van der Waals surface area contributed by atoms with Crippen molar-refractivity contribution >= 4 is 17.5 Å². The highest BCUT2D eigenvalue weighted by molar-refractivity contribution is 6.31. The molecule has 1 aliphatic heterocycles. The predicted octanol–water partition coefficient (Wildman–Crippen LogP) is 1.89. The molecule has 1 N–H and O–H groups in total. The van der Waals surface area contributed by atoms with Crippen LogP contribution in [-0.4, -0.2) is 41.1 Å². The van der Waals surface area contributed by atoms with E-state index in [-0.39, 0.29) is 5.91 Å². The summed E-state index contributed by atoms with van der Waals surface area (Å²) in [5.41, 5.74) is 0.667. The summed E-state index contributed by atoms with van der Waals surface area (Å²) in [5, 5.41) is 3.92. The van der Waals surface area contributed by atoms with Gasteiger partial charge >= 0.3 is 0 Å². The summed E-state index contributed by atoms with van der Waals surface area (Å²) >= 11 is 5.95. The highest BCUT2D eigenvalue weighted by Crippen LogP contribution is 2.18. The minimum atomic E-state index is 0.0833. The second kappa shape index (κ2) is 5.76. The first kappa shape index (κ1) is 13.4. The van der Waals surface area contributed by atoms with E-state index >= 15 is 0 Å². The zero-order valence-electron chi connectivity index (χ0n) is 10.9. The van der Waals surface area contributed by atoms with Crippen LogP contribution in [0.5, 0.6) is 0 Å². The molecular weight excluding hydrogens is 250 g/mol. The lowest BCUT2D eigenvalue weighted by Gasteiger charge is -2.28. The molecule has 2 rings (SSSR count). The van der Waals surface area contributed by atoms with Gasteiger partial charge in [0.1, 0.15) is 5.69 Å². The molecule has 1 aliphatic rings. The number of rotatable bonds is 4. The maximum Gasteiger partial charge on any atom is 0.270 e. The van der Waals surface area contributed by atoms with Crippen molar-refractivity contribution in [3.05, 3.63) is 23.0 Å². The van der Waals surface area contributed by atoms with Gasteiger partial charge in [-0.2, -0.15) is 0 Å². The monoisotopic (exact) mass is 269 g/mol. The summed E-state index contributed by atoms with van der Waals surface area (Å²) in [5.74, 6) is 0.0833. The molecule has 1 aromatic heterocycles. The number of aromatic nitrogens is 1. The number of aryl methyl sites for hydroxylation is 1. The zero-order chi connectivity index (χ0) is 13.1. The molecule has 0 aromatic carbocycles. The fourth-order valence-corrected chi connectivity index (χ4v) is 2.73. The van der Waals surface area contributed by atoms with Gasteiger partial charge in [-0.1, -0.05) is 18.5 Å². The molecule has 1 unspecified atom stereocenters. The second-order valence-electron chi connectivity index (χ2n) is 4.80. The summed E-state index contributed by atoms with van der Waals surface area (Å²) in [7, 11) is 1.86. The van der Waals surface area contributed by atoms with Crippen LogP contribution < -0.4 is 5.32 Å². The lowest BCUT2D eigenvalue weighted by Crippen LogP contribution is -2.42. The van der Waals surface area contributed by atoms with Crippen molar-refractivity contribution in [2.24, 2.45) is 7.05 Å². The molecule has 18 heavy (non-hydrogen) atoms. The fraction of sp³-hybridized carbons (Fsp3) is 0.615. The first-order chi connectivity index (χ1) is 8.63. The lowest BCUT2D eigenvalue weighted by atomic mass is 10.2. The fourth-order valence-electron chi connectivity index (χ4n) is 2.48. The van der Waals surface area contributed by atoms with Crippen molar-refractivity contribution in [1.29, 1.82) is 0 Å². The molecule has 0 saturated carbocycles. The third-order valence-electron chi connectivity index (χ3n) is 3.39. The SMILES string of the molecule is CCCN(C(=O)c1cc(Cl)cn1C)C1CCNC1. The van der Waals surface area contributed by atoms with Crippen molar-refractivity contribution in [3.63, 3.8) is 0 Å². The third-order valence-corrected chi connectivity index (χ3v) is 3.60. The van der Waals surface area contributed by atoms with Gasteiger partial charge < -0.3 is 14.8 Å². The highest BCUT2D eigenvalue weighted by atomic mass is 35.5. The van der Waals surface area contributed by atoms with Gasteiger partial charge in [-0.05, 0) is 25.5 Å². The molecule has 100 valence electrons. The smallest absolute Gasteiger partial charge is 0.270 e. The van der Waals surface area contributed by atoms with Crippen LogP contribution in [0.4, 0.5) is 0 Å². The maximum atomic E-state index is 12.6. The van der Waals surface area contributed by atoms with Crippen LogP contribution in [-0.2, 0) is 7.05 Å². The Bertz CT molecular complexity index is 424. The van der Waals surface area contributed by atoms with E-state index in [0.717, 1.165) is 32.5 Å². The zero-order valence-corrected chi connectivity index (χ0v) is 11.7. The van der Waals surface area contributed by atoms with E-state index in [1.165, 1.54) is 0 Å². The summed E-state index contributed by atoms with van der Waals surface area (Å²) in [6.07, 6.45) is 3.77. The Balaban J connectivity index is 2.19. The third kappa shape index (κ3) is 2.70. The van der Waals surface area contributed by atoms with E-state index in [9.17, 15) is 4.79 Å². The number of nitrogens with one attached hydrogen (secondary N) is 1. The molecule has 0 radical (unpaired) electrons. The van der Waals surface area contributed by atoms with Gasteiger partial charge in [0.15, 0.2) is 0 Å². The molecule has 1 saturated heterocycles. The Hall–Kier alpha value is -1.00. The average Bonchev–Trinajstić information content (AvgIpc) is 2.95. The van der Waals surface area contributed by atoms with Gasteiger partial charge in [0.25, 0.3) is 5.91 Å². The van der Waals surface area contributed by atoms with E-state index in [4.69, 9.17) is 11.6 Å². The Morgan fingerprint density at radius 3 is 2.94 bits per heavy atom. The molecule has 1 amide bonds. The van der Waals surface area contributed by atoms with E-state index in [1.807, 2.05) is 11.9 Å². The van der Waals surface area contributed by atoms with Crippen LogP contribution in [0.15, 0.2) is 12.3 Å². The molecule has 0 spiro atoms. The Morgan fingerprint density at radius 2 is 2.44 bits per heavy atom. The summed E-state index contributed by atoms with van der Waals surface area (Å²) in [6, 6.07) is 2.06. The Labute approximate surface area is 113 Å². The number of amides is 1. The quantitative estimate of drug-likeness (QED) is 0.906. The number of nitrogens with zero attached hydrogens (tertiary/aromatic N) is 2. The summed E-state index contributed by atoms with van der Waals surface area (Å²) in [4.78, 5) is 14.6. The Morgan fingerprint density at radius 1 is 1.67 bits per heavy atom. The van der Waals surface area contributed by atoms with E-state index < -0.39 is 0 Å². The largest absolute Gasteiger partial charge is 0.345 e. The normalized spacial score (nSPS) is 19.2. The van der Waals surface area contributed by atoms with Gasteiger partial charge in [0, 0.05) is 32.4 Å². The maximum absolute atomic E-state index is 12.6. The number of carbonyl (C=O) groups is 1. The van der Waals surface area contributed by atoms with Crippen LogP contribution in [0.1, 0.15) is 30.3 Å². The second-order valence-corrected chi connectivity index (χ2v) is 5.24. The van der Waals surface area contributed by atoms with Crippen LogP contribution in [0.2, 0.25) is 5.02 Å². The highest BCUT2D eigenvalue weighted by Gasteiger charge is 2.27. The van der Waals surface area contributed by atoms with Crippen molar-refractivity contribution in [2.45, 2.75) is 25.8 Å². The van der Waals surface area contributed by atoms with Crippen molar-refractivity contribution < 1.29 is 4.79 Å². The van der Waals surface area contributed by atoms with Crippen LogP contribution >= 0.6 is 11.6 Å². The first-order valence-electron chi connectivity index (χ1n) is 6.47. The summed E-state index contributed by atoms with van der Waals surface area (Å²) in [6.45, 7) is 4.78. The van der Waals surface area contributed by atoms with Crippen LogP contribution in [0.25, 0.3) is 0 Å². The number of carbonyl (C=O) groups excluding carboxylic acids is 1. The topological polar surface area (TPSA) is 37.3 Å². The van der Waals surface area contributed by atoms with E-state index in [1.54, 1.807) is 16.8 Å². The Kier molecular flexibility index (Phi) is 4.30. The van der Waals surface area contributed by atoms with Gasteiger partial charge in [-0.15, -0.1) is 0 Å².